The largest absolute Gasteiger partial charge is 0.264 e. The molecule has 0 bridgehead atoms. The van der Waals surface area contributed by atoms with Gasteiger partial charge in [-0.15, -0.1) is 0 Å². The quantitative estimate of drug-likeness (QED) is 0.555. The van der Waals surface area contributed by atoms with E-state index >= 15 is 0 Å². The molecule has 0 fully saturated rings. The van der Waals surface area contributed by atoms with Gasteiger partial charge in [0.2, 0.25) is 0 Å². The first-order chi connectivity index (χ1) is 12.8. The molecule has 0 saturated heterocycles. The van der Waals surface area contributed by atoms with Crippen molar-refractivity contribution < 1.29 is 0 Å². The second-order valence-electron chi connectivity index (χ2n) is 6.20. The molecule has 2 aromatic heterocycles. The van der Waals surface area contributed by atoms with Gasteiger partial charge in [-0.3, -0.25) is 9.97 Å². The van der Waals surface area contributed by atoms with Crippen molar-refractivity contribution in [2.75, 3.05) is 0 Å². The summed E-state index contributed by atoms with van der Waals surface area (Å²) in [6, 6.07) is 12.6. The summed E-state index contributed by atoms with van der Waals surface area (Å²) in [5, 5.41) is 0. The van der Waals surface area contributed by atoms with E-state index in [1.54, 1.807) is 12.4 Å². The zero-order chi connectivity index (χ0) is 18.2. The highest BCUT2D eigenvalue weighted by Crippen LogP contribution is 2.23. The van der Waals surface area contributed by atoms with Crippen molar-refractivity contribution in [3.63, 3.8) is 0 Å². The highest BCUT2D eigenvalue weighted by Gasteiger charge is 2.06. The van der Waals surface area contributed by atoms with Crippen LogP contribution in [-0.4, -0.2) is 9.97 Å². The summed E-state index contributed by atoms with van der Waals surface area (Å²) in [4.78, 5) is 8.35. The second kappa shape index (κ2) is 8.91. The Morgan fingerprint density at radius 3 is 1.65 bits per heavy atom. The standard InChI is InChI=1S/C24H24N2/c1-3-22-15-21(10-9-19-7-5-13-25-17-19)16-23(4-2)24(22)12-11-20-8-6-14-26-18-20/h5-18H,3-4H2,1-2H3/b10-9+,12-11+. The van der Waals surface area contributed by atoms with Crippen LogP contribution in [0.4, 0.5) is 0 Å². The number of aryl methyl sites for hydroxylation is 2. The first-order valence-corrected chi connectivity index (χ1v) is 9.12. The van der Waals surface area contributed by atoms with Crippen molar-refractivity contribution in [1.82, 2.24) is 9.97 Å². The number of nitrogens with zero attached hydrogens (tertiary/aromatic N) is 2. The maximum Gasteiger partial charge on any atom is 0.0340 e. The van der Waals surface area contributed by atoms with Crippen LogP contribution in [0, 0.1) is 0 Å². The molecule has 0 aliphatic carbocycles. The van der Waals surface area contributed by atoms with Crippen molar-refractivity contribution in [3.05, 3.63) is 94.6 Å². The van der Waals surface area contributed by atoms with Crippen LogP contribution in [0.2, 0.25) is 0 Å². The van der Waals surface area contributed by atoms with E-state index < -0.39 is 0 Å². The Morgan fingerprint density at radius 1 is 0.692 bits per heavy atom. The fourth-order valence-electron chi connectivity index (χ4n) is 3.02. The molecule has 0 radical (unpaired) electrons. The molecular weight excluding hydrogens is 316 g/mol. The highest BCUT2D eigenvalue weighted by molar-refractivity contribution is 5.76. The van der Waals surface area contributed by atoms with Crippen LogP contribution < -0.4 is 0 Å². The van der Waals surface area contributed by atoms with E-state index in [0.29, 0.717) is 0 Å². The monoisotopic (exact) mass is 340 g/mol. The molecule has 2 heterocycles. The first-order valence-electron chi connectivity index (χ1n) is 9.12. The molecule has 0 atom stereocenters. The van der Waals surface area contributed by atoms with Gasteiger partial charge in [0.1, 0.15) is 0 Å². The summed E-state index contributed by atoms with van der Waals surface area (Å²) in [6.07, 6.45) is 18.0. The third-order valence-electron chi connectivity index (χ3n) is 4.42. The van der Waals surface area contributed by atoms with E-state index in [1.807, 2.05) is 24.5 Å². The smallest absolute Gasteiger partial charge is 0.0340 e. The Morgan fingerprint density at radius 2 is 1.19 bits per heavy atom. The van der Waals surface area contributed by atoms with Gasteiger partial charge in [-0.25, -0.2) is 0 Å². The number of rotatable bonds is 6. The van der Waals surface area contributed by atoms with E-state index in [9.17, 15) is 0 Å². The normalized spacial score (nSPS) is 11.5. The van der Waals surface area contributed by atoms with Gasteiger partial charge in [-0.1, -0.05) is 62.4 Å². The van der Waals surface area contributed by atoms with Crippen molar-refractivity contribution in [3.8, 4) is 0 Å². The molecule has 26 heavy (non-hydrogen) atoms. The average Bonchev–Trinajstić information content (AvgIpc) is 2.72. The Balaban J connectivity index is 1.93. The molecule has 2 nitrogen and oxygen atoms in total. The fourth-order valence-corrected chi connectivity index (χ4v) is 3.02. The van der Waals surface area contributed by atoms with Gasteiger partial charge < -0.3 is 0 Å². The molecule has 0 N–H and O–H groups in total. The first kappa shape index (κ1) is 17.8. The molecule has 0 unspecified atom stereocenters. The van der Waals surface area contributed by atoms with E-state index in [0.717, 1.165) is 24.0 Å². The van der Waals surface area contributed by atoms with Gasteiger partial charge in [0, 0.05) is 24.8 Å². The second-order valence-corrected chi connectivity index (χ2v) is 6.20. The Kier molecular flexibility index (Phi) is 6.10. The Bertz CT molecular complexity index is 869. The third-order valence-corrected chi connectivity index (χ3v) is 4.42. The van der Waals surface area contributed by atoms with Crippen molar-refractivity contribution in [2.24, 2.45) is 0 Å². The van der Waals surface area contributed by atoms with Crippen LogP contribution in [-0.2, 0) is 12.8 Å². The maximum absolute atomic E-state index is 4.18. The van der Waals surface area contributed by atoms with E-state index in [4.69, 9.17) is 0 Å². The summed E-state index contributed by atoms with van der Waals surface area (Å²) in [7, 11) is 0. The summed E-state index contributed by atoms with van der Waals surface area (Å²) in [5.74, 6) is 0. The maximum atomic E-state index is 4.18. The van der Waals surface area contributed by atoms with Crippen LogP contribution in [0.3, 0.4) is 0 Å². The zero-order valence-corrected chi connectivity index (χ0v) is 15.4. The molecule has 130 valence electrons. The van der Waals surface area contributed by atoms with E-state index in [1.165, 1.54) is 22.3 Å². The number of pyridine rings is 2. The third kappa shape index (κ3) is 4.54. The molecule has 0 amide bonds. The molecule has 1 aromatic carbocycles. The average molecular weight is 340 g/mol. The van der Waals surface area contributed by atoms with Crippen molar-refractivity contribution >= 4 is 24.3 Å². The number of hydrogen-bond donors (Lipinski definition) is 0. The molecule has 0 aliphatic heterocycles. The van der Waals surface area contributed by atoms with Gasteiger partial charge in [-0.05, 0) is 58.4 Å². The van der Waals surface area contributed by atoms with Crippen LogP contribution in [0.25, 0.3) is 24.3 Å². The predicted molar refractivity (Wildman–Crippen MR) is 112 cm³/mol. The van der Waals surface area contributed by atoms with Gasteiger partial charge in [0.15, 0.2) is 0 Å². The fraction of sp³-hybridized carbons (Fsp3) is 0.167. The van der Waals surface area contributed by atoms with Crippen molar-refractivity contribution in [2.45, 2.75) is 26.7 Å². The van der Waals surface area contributed by atoms with E-state index in [2.05, 4.69) is 72.4 Å². The Hall–Kier alpha value is -3.00. The summed E-state index contributed by atoms with van der Waals surface area (Å²) in [5.41, 5.74) is 7.55. The molecule has 3 aromatic rings. The molecular formula is C24H24N2. The minimum atomic E-state index is 1.01. The summed E-state index contributed by atoms with van der Waals surface area (Å²) < 4.78 is 0. The number of aromatic nitrogens is 2. The summed E-state index contributed by atoms with van der Waals surface area (Å²) in [6.45, 7) is 4.43. The molecule has 0 saturated carbocycles. The SMILES string of the molecule is CCc1cc(/C=C/c2cccnc2)cc(CC)c1/C=C/c1cccnc1. The minimum absolute atomic E-state index is 1.01. The number of hydrogen-bond acceptors (Lipinski definition) is 2. The van der Waals surface area contributed by atoms with Crippen LogP contribution in [0.5, 0.6) is 0 Å². The lowest BCUT2D eigenvalue weighted by Crippen LogP contribution is -1.95. The molecule has 0 aliphatic rings. The van der Waals surface area contributed by atoms with Gasteiger partial charge in [0.05, 0.1) is 0 Å². The van der Waals surface area contributed by atoms with E-state index in [-0.39, 0.29) is 0 Å². The van der Waals surface area contributed by atoms with Crippen LogP contribution >= 0.6 is 0 Å². The minimum Gasteiger partial charge on any atom is -0.264 e. The zero-order valence-electron chi connectivity index (χ0n) is 15.4. The number of benzene rings is 1. The lowest BCUT2D eigenvalue weighted by atomic mass is 9.93. The van der Waals surface area contributed by atoms with Gasteiger partial charge in [-0.2, -0.15) is 0 Å². The lowest BCUT2D eigenvalue weighted by molar-refractivity contribution is 1.07. The highest BCUT2D eigenvalue weighted by atomic mass is 14.6. The van der Waals surface area contributed by atoms with Crippen LogP contribution in [0.15, 0.2) is 61.2 Å². The predicted octanol–water partition coefficient (Wildman–Crippen LogP) is 5.94. The van der Waals surface area contributed by atoms with Gasteiger partial charge in [0.25, 0.3) is 0 Å². The summed E-state index contributed by atoms with van der Waals surface area (Å²) >= 11 is 0. The Labute approximate surface area is 156 Å². The molecule has 0 spiro atoms. The molecule has 2 heteroatoms. The van der Waals surface area contributed by atoms with Gasteiger partial charge >= 0.3 is 0 Å². The lowest BCUT2D eigenvalue weighted by Gasteiger charge is -2.12. The van der Waals surface area contributed by atoms with Crippen molar-refractivity contribution in [1.29, 1.82) is 0 Å². The van der Waals surface area contributed by atoms with Crippen LogP contribution in [0.1, 0.15) is 47.2 Å². The topological polar surface area (TPSA) is 25.8 Å². The molecule has 3 rings (SSSR count).